The number of anilines is 2. The maximum Gasteiger partial charge on any atom is 0.229 e. The lowest BCUT2D eigenvalue weighted by molar-refractivity contribution is -0.122. The van der Waals surface area contributed by atoms with Gasteiger partial charge in [0, 0.05) is 25.6 Å². The first-order valence-corrected chi connectivity index (χ1v) is 11.2. The van der Waals surface area contributed by atoms with E-state index in [1.54, 1.807) is 37.3 Å². The summed E-state index contributed by atoms with van der Waals surface area (Å²) in [4.78, 5) is 27.4. The number of methoxy groups -OCH3 is 2. The SMILES string of the molecule is COc1ccc(N2CC(C(=O)Nc3ccc(C)cc3OCC3CCCO3)CC2=O)c(OC)c1. The molecule has 0 aliphatic carbocycles. The molecule has 2 aromatic carbocycles. The average molecular weight is 455 g/mol. The van der Waals surface area contributed by atoms with Crippen LogP contribution in [0.1, 0.15) is 24.8 Å². The van der Waals surface area contributed by atoms with Gasteiger partial charge in [0.1, 0.15) is 23.9 Å². The lowest BCUT2D eigenvalue weighted by Gasteiger charge is -2.20. The van der Waals surface area contributed by atoms with Crippen molar-refractivity contribution >= 4 is 23.2 Å². The van der Waals surface area contributed by atoms with E-state index < -0.39 is 5.92 Å². The molecule has 0 bridgehead atoms. The van der Waals surface area contributed by atoms with Crippen LogP contribution in [-0.4, -0.2) is 51.9 Å². The molecule has 0 spiro atoms. The number of carbonyl (C=O) groups excluding carboxylic acids is 2. The third kappa shape index (κ3) is 5.22. The fourth-order valence-corrected chi connectivity index (χ4v) is 4.17. The molecular weight excluding hydrogens is 424 g/mol. The van der Waals surface area contributed by atoms with Gasteiger partial charge in [-0.05, 0) is 49.6 Å². The largest absolute Gasteiger partial charge is 0.497 e. The molecule has 8 nitrogen and oxygen atoms in total. The van der Waals surface area contributed by atoms with Crippen molar-refractivity contribution in [1.29, 1.82) is 0 Å². The number of amides is 2. The number of hydrogen-bond donors (Lipinski definition) is 1. The quantitative estimate of drug-likeness (QED) is 0.656. The standard InChI is InChI=1S/C25H30N2O6/c1-16-6-8-20(22(11-16)33-15-19-5-4-10-32-19)26-25(29)17-12-24(28)27(14-17)21-9-7-18(30-2)13-23(21)31-3/h6-9,11,13,17,19H,4-5,10,12,14-15H2,1-3H3,(H,26,29). The summed E-state index contributed by atoms with van der Waals surface area (Å²) >= 11 is 0. The highest BCUT2D eigenvalue weighted by molar-refractivity contribution is 6.04. The van der Waals surface area contributed by atoms with Gasteiger partial charge in [0.15, 0.2) is 0 Å². The Hall–Kier alpha value is -3.26. The van der Waals surface area contributed by atoms with Crippen LogP contribution >= 0.6 is 0 Å². The van der Waals surface area contributed by atoms with Crippen LogP contribution in [0.5, 0.6) is 17.2 Å². The van der Waals surface area contributed by atoms with E-state index in [0.717, 1.165) is 25.0 Å². The molecular formula is C25H30N2O6. The zero-order valence-corrected chi connectivity index (χ0v) is 19.3. The summed E-state index contributed by atoms with van der Waals surface area (Å²) in [7, 11) is 3.11. The van der Waals surface area contributed by atoms with Crippen LogP contribution in [0.25, 0.3) is 0 Å². The summed E-state index contributed by atoms with van der Waals surface area (Å²) < 4.78 is 22.3. The molecule has 2 aliphatic heterocycles. The van der Waals surface area contributed by atoms with Crippen molar-refractivity contribution in [2.24, 2.45) is 5.92 Å². The first-order chi connectivity index (χ1) is 16.0. The third-order valence-corrected chi connectivity index (χ3v) is 6.02. The lowest BCUT2D eigenvalue weighted by Crippen LogP contribution is -2.28. The van der Waals surface area contributed by atoms with Crippen LogP contribution in [0, 0.1) is 12.8 Å². The fraction of sp³-hybridized carbons (Fsp3) is 0.440. The Morgan fingerprint density at radius 1 is 1.15 bits per heavy atom. The van der Waals surface area contributed by atoms with Crippen LogP contribution in [0.4, 0.5) is 11.4 Å². The number of hydrogen-bond acceptors (Lipinski definition) is 6. The van der Waals surface area contributed by atoms with Crippen molar-refractivity contribution < 1.29 is 28.5 Å². The molecule has 2 saturated heterocycles. The van der Waals surface area contributed by atoms with Crippen molar-refractivity contribution in [1.82, 2.24) is 0 Å². The second-order valence-electron chi connectivity index (χ2n) is 8.38. The van der Waals surface area contributed by atoms with Gasteiger partial charge in [-0.15, -0.1) is 0 Å². The molecule has 2 aliphatic rings. The normalized spacial score (nSPS) is 20.1. The molecule has 2 amide bonds. The van der Waals surface area contributed by atoms with E-state index in [4.69, 9.17) is 18.9 Å². The Kier molecular flexibility index (Phi) is 7.03. The molecule has 2 fully saturated rings. The Bertz CT molecular complexity index is 1020. The number of nitrogens with one attached hydrogen (secondary N) is 1. The molecule has 1 N–H and O–H groups in total. The molecule has 4 rings (SSSR count). The van der Waals surface area contributed by atoms with Gasteiger partial charge >= 0.3 is 0 Å². The van der Waals surface area contributed by atoms with Crippen LogP contribution in [0.2, 0.25) is 0 Å². The molecule has 2 atom stereocenters. The molecule has 0 saturated carbocycles. The summed E-state index contributed by atoms with van der Waals surface area (Å²) in [6.07, 6.45) is 2.22. The highest BCUT2D eigenvalue weighted by Gasteiger charge is 2.36. The van der Waals surface area contributed by atoms with Crippen molar-refractivity contribution in [3.8, 4) is 17.2 Å². The smallest absolute Gasteiger partial charge is 0.229 e. The summed E-state index contributed by atoms with van der Waals surface area (Å²) in [5.41, 5.74) is 2.25. The topological polar surface area (TPSA) is 86.3 Å². The molecule has 2 heterocycles. The molecule has 8 heteroatoms. The monoisotopic (exact) mass is 454 g/mol. The number of aryl methyl sites for hydroxylation is 1. The van der Waals surface area contributed by atoms with Gasteiger partial charge in [0.2, 0.25) is 11.8 Å². The minimum atomic E-state index is -0.489. The second kappa shape index (κ2) is 10.1. The number of carbonyl (C=O) groups is 2. The average Bonchev–Trinajstić information content (AvgIpc) is 3.48. The van der Waals surface area contributed by atoms with E-state index in [1.807, 2.05) is 25.1 Å². The Morgan fingerprint density at radius 3 is 2.73 bits per heavy atom. The van der Waals surface area contributed by atoms with Crippen molar-refractivity contribution in [2.45, 2.75) is 32.3 Å². The van der Waals surface area contributed by atoms with Crippen LogP contribution in [0.3, 0.4) is 0 Å². The molecule has 33 heavy (non-hydrogen) atoms. The van der Waals surface area contributed by atoms with Crippen LogP contribution < -0.4 is 24.4 Å². The second-order valence-corrected chi connectivity index (χ2v) is 8.38. The van der Waals surface area contributed by atoms with Gasteiger partial charge in [-0.3, -0.25) is 9.59 Å². The van der Waals surface area contributed by atoms with Gasteiger partial charge in [0.05, 0.1) is 37.6 Å². The van der Waals surface area contributed by atoms with E-state index in [0.29, 0.717) is 35.2 Å². The van der Waals surface area contributed by atoms with Gasteiger partial charge in [-0.2, -0.15) is 0 Å². The Balaban J connectivity index is 1.45. The van der Waals surface area contributed by atoms with E-state index in [1.165, 1.54) is 0 Å². The van der Waals surface area contributed by atoms with E-state index in [-0.39, 0.29) is 30.9 Å². The van der Waals surface area contributed by atoms with Gasteiger partial charge in [-0.25, -0.2) is 0 Å². The highest BCUT2D eigenvalue weighted by atomic mass is 16.5. The van der Waals surface area contributed by atoms with E-state index >= 15 is 0 Å². The first-order valence-electron chi connectivity index (χ1n) is 11.2. The van der Waals surface area contributed by atoms with Crippen LogP contribution in [0.15, 0.2) is 36.4 Å². The molecule has 0 radical (unpaired) electrons. The van der Waals surface area contributed by atoms with E-state index in [2.05, 4.69) is 5.32 Å². The van der Waals surface area contributed by atoms with Crippen molar-refractivity contribution in [3.63, 3.8) is 0 Å². The van der Waals surface area contributed by atoms with Crippen LogP contribution in [-0.2, 0) is 14.3 Å². The summed E-state index contributed by atoms with van der Waals surface area (Å²) in [6, 6.07) is 10.9. The third-order valence-electron chi connectivity index (χ3n) is 6.02. The van der Waals surface area contributed by atoms with Gasteiger partial charge in [-0.1, -0.05) is 6.07 Å². The minimum Gasteiger partial charge on any atom is -0.497 e. The predicted octanol–water partition coefficient (Wildman–Crippen LogP) is 3.56. The Morgan fingerprint density at radius 2 is 2.00 bits per heavy atom. The van der Waals surface area contributed by atoms with Gasteiger partial charge in [0.25, 0.3) is 0 Å². The lowest BCUT2D eigenvalue weighted by atomic mass is 10.1. The highest BCUT2D eigenvalue weighted by Crippen LogP contribution is 2.36. The fourth-order valence-electron chi connectivity index (χ4n) is 4.17. The Labute approximate surface area is 193 Å². The van der Waals surface area contributed by atoms with E-state index in [9.17, 15) is 9.59 Å². The zero-order chi connectivity index (χ0) is 23.4. The van der Waals surface area contributed by atoms with Gasteiger partial charge < -0.3 is 29.2 Å². The van der Waals surface area contributed by atoms with Crippen molar-refractivity contribution in [3.05, 3.63) is 42.0 Å². The zero-order valence-electron chi connectivity index (χ0n) is 19.3. The number of benzene rings is 2. The maximum atomic E-state index is 13.1. The molecule has 176 valence electrons. The first kappa shape index (κ1) is 22.9. The maximum absolute atomic E-state index is 13.1. The molecule has 2 aromatic rings. The molecule has 2 unspecified atom stereocenters. The summed E-state index contributed by atoms with van der Waals surface area (Å²) in [5, 5.41) is 2.96. The molecule has 0 aromatic heterocycles. The number of nitrogens with zero attached hydrogens (tertiary/aromatic N) is 1. The predicted molar refractivity (Wildman–Crippen MR) is 124 cm³/mol. The summed E-state index contributed by atoms with van der Waals surface area (Å²) in [5.74, 6) is 0.925. The number of ether oxygens (including phenoxy) is 4. The van der Waals surface area contributed by atoms with Crippen molar-refractivity contribution in [2.75, 3.05) is 44.2 Å². The minimum absolute atomic E-state index is 0.0783. The number of rotatable bonds is 8. The summed E-state index contributed by atoms with van der Waals surface area (Å²) in [6.45, 7) is 3.45.